The summed E-state index contributed by atoms with van der Waals surface area (Å²) >= 11 is 0. The number of pyridine rings is 1. The van der Waals surface area contributed by atoms with Gasteiger partial charge in [0.1, 0.15) is 11.3 Å². The van der Waals surface area contributed by atoms with E-state index in [1.54, 1.807) is 7.11 Å². The fourth-order valence-corrected chi connectivity index (χ4v) is 2.35. The molecule has 0 aliphatic rings. The molecule has 0 fully saturated rings. The molecule has 1 aromatic heterocycles. The Kier molecular flexibility index (Phi) is 3.25. The van der Waals surface area contributed by atoms with Crippen molar-refractivity contribution in [1.29, 1.82) is 0 Å². The first-order valence-electron chi connectivity index (χ1n) is 6.54. The Balaban J connectivity index is 2.30. The second-order valence-electron chi connectivity index (χ2n) is 4.53. The van der Waals surface area contributed by atoms with Gasteiger partial charge < -0.3 is 10.1 Å². The van der Waals surface area contributed by atoms with Crippen LogP contribution in [0.15, 0.2) is 54.6 Å². The summed E-state index contributed by atoms with van der Waals surface area (Å²) < 4.78 is 5.43. The van der Waals surface area contributed by atoms with E-state index in [9.17, 15) is 0 Å². The molecule has 20 heavy (non-hydrogen) atoms. The van der Waals surface area contributed by atoms with E-state index in [-0.39, 0.29) is 0 Å². The molecular formula is C17H16N2O. The highest BCUT2D eigenvalue weighted by Gasteiger charge is 2.10. The zero-order valence-corrected chi connectivity index (χ0v) is 11.6. The third-order valence-electron chi connectivity index (χ3n) is 3.36. The lowest BCUT2D eigenvalue weighted by Crippen LogP contribution is -1.96. The summed E-state index contributed by atoms with van der Waals surface area (Å²) in [7, 11) is 3.59. The van der Waals surface area contributed by atoms with Crippen molar-refractivity contribution in [3.05, 3.63) is 54.6 Å². The maximum atomic E-state index is 5.43. The average molecular weight is 264 g/mol. The number of rotatable bonds is 3. The number of ether oxygens (including phenoxy) is 1. The summed E-state index contributed by atoms with van der Waals surface area (Å²) in [5.74, 6) is 0.789. The summed E-state index contributed by atoms with van der Waals surface area (Å²) in [4.78, 5) is 4.76. The summed E-state index contributed by atoms with van der Waals surface area (Å²) in [6.45, 7) is 0. The monoisotopic (exact) mass is 264 g/mol. The normalized spacial score (nSPS) is 10.5. The van der Waals surface area contributed by atoms with Gasteiger partial charge in [0.15, 0.2) is 0 Å². The van der Waals surface area contributed by atoms with E-state index in [1.165, 1.54) is 0 Å². The van der Waals surface area contributed by atoms with Crippen LogP contribution in [0.1, 0.15) is 0 Å². The number of hydrogen-bond donors (Lipinski definition) is 1. The van der Waals surface area contributed by atoms with Crippen LogP contribution in [-0.4, -0.2) is 19.1 Å². The van der Waals surface area contributed by atoms with Crippen molar-refractivity contribution < 1.29 is 4.74 Å². The third-order valence-corrected chi connectivity index (χ3v) is 3.36. The van der Waals surface area contributed by atoms with Crippen LogP contribution in [0.3, 0.4) is 0 Å². The lowest BCUT2D eigenvalue weighted by atomic mass is 10.1. The summed E-state index contributed by atoms with van der Waals surface area (Å²) in [5, 5.41) is 4.30. The minimum atomic E-state index is 0.789. The second-order valence-corrected chi connectivity index (χ2v) is 4.53. The lowest BCUT2D eigenvalue weighted by molar-refractivity contribution is 0.419. The van der Waals surface area contributed by atoms with Gasteiger partial charge in [-0.2, -0.15) is 0 Å². The minimum absolute atomic E-state index is 0.789. The Labute approximate surface area is 118 Å². The van der Waals surface area contributed by atoms with Crippen LogP contribution in [0.5, 0.6) is 5.75 Å². The number of fused-ring (bicyclic) bond motifs is 1. The molecule has 0 atom stereocenters. The maximum absolute atomic E-state index is 5.43. The first-order valence-corrected chi connectivity index (χ1v) is 6.54. The van der Waals surface area contributed by atoms with Crippen molar-refractivity contribution in [1.82, 2.24) is 4.98 Å². The second kappa shape index (κ2) is 5.21. The number of benzene rings is 2. The smallest absolute Gasteiger partial charge is 0.145 e. The highest BCUT2D eigenvalue weighted by atomic mass is 16.5. The third kappa shape index (κ3) is 2.07. The molecule has 0 spiro atoms. The fourth-order valence-electron chi connectivity index (χ4n) is 2.35. The van der Waals surface area contributed by atoms with Gasteiger partial charge in [-0.1, -0.05) is 42.5 Å². The van der Waals surface area contributed by atoms with Crippen LogP contribution in [0.25, 0.3) is 22.2 Å². The molecule has 3 aromatic rings. The van der Waals surface area contributed by atoms with Gasteiger partial charge in [0.05, 0.1) is 12.8 Å². The molecule has 1 heterocycles. The molecule has 1 N–H and O–H groups in total. The van der Waals surface area contributed by atoms with Gasteiger partial charge in [-0.25, -0.2) is 4.98 Å². The van der Waals surface area contributed by atoms with Gasteiger partial charge in [0.25, 0.3) is 0 Å². The van der Waals surface area contributed by atoms with E-state index < -0.39 is 0 Å². The molecule has 0 aliphatic carbocycles. The highest BCUT2D eigenvalue weighted by Crippen LogP contribution is 2.32. The minimum Gasteiger partial charge on any atom is -0.494 e. The standard InChI is InChI=1S/C17H16N2O/c1-18-15-11-14(12-7-4-3-5-8-12)19-17-13(15)9-6-10-16(17)20-2/h3-11H,1-2H3,(H,18,19). The molecule has 3 rings (SSSR count). The lowest BCUT2D eigenvalue weighted by Gasteiger charge is -2.11. The van der Waals surface area contributed by atoms with Crippen molar-refractivity contribution >= 4 is 16.6 Å². The van der Waals surface area contributed by atoms with E-state index in [0.29, 0.717) is 0 Å². The van der Waals surface area contributed by atoms with Crippen molar-refractivity contribution in [3.63, 3.8) is 0 Å². The van der Waals surface area contributed by atoms with Gasteiger partial charge in [-0.05, 0) is 12.1 Å². The highest BCUT2D eigenvalue weighted by molar-refractivity contribution is 5.97. The predicted octanol–water partition coefficient (Wildman–Crippen LogP) is 3.95. The Morgan fingerprint density at radius 3 is 2.50 bits per heavy atom. The SMILES string of the molecule is CNc1cc(-c2ccccc2)nc2c(OC)cccc12. The number of hydrogen-bond acceptors (Lipinski definition) is 3. The number of aromatic nitrogens is 1. The molecule has 2 aromatic carbocycles. The van der Waals surface area contributed by atoms with E-state index in [2.05, 4.69) is 23.5 Å². The topological polar surface area (TPSA) is 34.2 Å². The van der Waals surface area contributed by atoms with Crippen molar-refractivity contribution in [2.45, 2.75) is 0 Å². The van der Waals surface area contributed by atoms with Gasteiger partial charge in [-0.3, -0.25) is 0 Å². The number of anilines is 1. The Morgan fingerprint density at radius 2 is 1.80 bits per heavy atom. The molecule has 100 valence electrons. The van der Waals surface area contributed by atoms with Crippen LogP contribution in [-0.2, 0) is 0 Å². The van der Waals surface area contributed by atoms with Gasteiger partial charge in [0, 0.05) is 23.7 Å². The quantitative estimate of drug-likeness (QED) is 0.777. The predicted molar refractivity (Wildman–Crippen MR) is 83.3 cm³/mol. The summed E-state index contributed by atoms with van der Waals surface area (Å²) in [5.41, 5.74) is 3.96. The summed E-state index contributed by atoms with van der Waals surface area (Å²) in [6, 6.07) is 18.2. The Bertz CT molecular complexity index is 739. The molecular weight excluding hydrogens is 248 g/mol. The largest absolute Gasteiger partial charge is 0.494 e. The zero-order chi connectivity index (χ0) is 13.9. The van der Waals surface area contributed by atoms with Gasteiger partial charge in [-0.15, -0.1) is 0 Å². The van der Waals surface area contributed by atoms with Crippen LogP contribution in [0.4, 0.5) is 5.69 Å². The van der Waals surface area contributed by atoms with E-state index in [0.717, 1.165) is 33.6 Å². The molecule has 0 amide bonds. The first-order chi connectivity index (χ1) is 9.83. The van der Waals surface area contributed by atoms with Crippen LogP contribution >= 0.6 is 0 Å². The molecule has 3 heteroatoms. The first kappa shape index (κ1) is 12.5. The molecule has 3 nitrogen and oxygen atoms in total. The number of nitrogens with one attached hydrogen (secondary N) is 1. The van der Waals surface area contributed by atoms with Crippen molar-refractivity contribution in [2.75, 3.05) is 19.5 Å². The molecule has 0 radical (unpaired) electrons. The number of para-hydroxylation sites is 1. The molecule has 0 saturated heterocycles. The van der Waals surface area contributed by atoms with Crippen LogP contribution < -0.4 is 10.1 Å². The summed E-state index contributed by atoms with van der Waals surface area (Å²) in [6.07, 6.45) is 0. The Morgan fingerprint density at radius 1 is 1.00 bits per heavy atom. The molecule has 0 saturated carbocycles. The zero-order valence-electron chi connectivity index (χ0n) is 11.6. The van der Waals surface area contributed by atoms with E-state index in [4.69, 9.17) is 9.72 Å². The maximum Gasteiger partial charge on any atom is 0.145 e. The molecule has 0 unspecified atom stereocenters. The van der Waals surface area contributed by atoms with Crippen LogP contribution in [0, 0.1) is 0 Å². The van der Waals surface area contributed by atoms with Gasteiger partial charge in [0.2, 0.25) is 0 Å². The fraction of sp³-hybridized carbons (Fsp3) is 0.118. The van der Waals surface area contributed by atoms with Crippen molar-refractivity contribution in [2.24, 2.45) is 0 Å². The molecule has 0 bridgehead atoms. The Hall–Kier alpha value is -2.55. The van der Waals surface area contributed by atoms with E-state index >= 15 is 0 Å². The number of methoxy groups -OCH3 is 1. The van der Waals surface area contributed by atoms with Crippen LogP contribution in [0.2, 0.25) is 0 Å². The number of nitrogens with zero attached hydrogens (tertiary/aromatic N) is 1. The van der Waals surface area contributed by atoms with E-state index in [1.807, 2.05) is 43.4 Å². The van der Waals surface area contributed by atoms with Crippen molar-refractivity contribution in [3.8, 4) is 17.0 Å². The van der Waals surface area contributed by atoms with Gasteiger partial charge >= 0.3 is 0 Å². The average Bonchev–Trinajstić information content (AvgIpc) is 2.54. The molecule has 0 aliphatic heterocycles.